The minimum atomic E-state index is -0.250. The number of benzene rings is 1. The van der Waals surface area contributed by atoms with Gasteiger partial charge in [-0.05, 0) is 41.7 Å². The van der Waals surface area contributed by atoms with E-state index in [1.807, 2.05) is 6.92 Å². The van der Waals surface area contributed by atoms with Crippen molar-refractivity contribution < 1.29 is 19.7 Å². The highest BCUT2D eigenvalue weighted by molar-refractivity contribution is 5.59. The van der Waals surface area contributed by atoms with Crippen LogP contribution in [0, 0.1) is 6.92 Å². The van der Waals surface area contributed by atoms with Gasteiger partial charge >= 0.3 is 0 Å². The van der Waals surface area contributed by atoms with Gasteiger partial charge in [-0.25, -0.2) is 0 Å². The highest BCUT2D eigenvalue weighted by Crippen LogP contribution is 2.52. The normalized spacial score (nSPS) is 18.0. The van der Waals surface area contributed by atoms with Crippen LogP contribution in [0.25, 0.3) is 0 Å². The second kappa shape index (κ2) is 5.96. The molecule has 0 saturated carbocycles. The van der Waals surface area contributed by atoms with Gasteiger partial charge in [0.05, 0.1) is 7.11 Å². The van der Waals surface area contributed by atoms with Crippen LogP contribution in [0.15, 0.2) is 6.07 Å². The SMILES string of the molecule is COc1c(O)c(C)cc2c1C(C)(C)CCC2(C)C.O=CO. The topological polar surface area (TPSA) is 66.8 Å². The van der Waals surface area contributed by atoms with Crippen LogP contribution < -0.4 is 4.74 Å². The molecule has 4 nitrogen and oxygen atoms in total. The Morgan fingerprint density at radius 3 is 2.14 bits per heavy atom. The van der Waals surface area contributed by atoms with E-state index in [1.165, 1.54) is 17.5 Å². The third-order valence-corrected chi connectivity index (χ3v) is 4.43. The van der Waals surface area contributed by atoms with Gasteiger partial charge in [0.15, 0.2) is 11.5 Å². The number of aromatic hydroxyl groups is 1. The lowest BCUT2D eigenvalue weighted by molar-refractivity contribution is -0.122. The Bertz CT molecular complexity index is 530. The van der Waals surface area contributed by atoms with Crippen molar-refractivity contribution in [1.82, 2.24) is 0 Å². The molecule has 0 aromatic heterocycles. The third kappa shape index (κ3) is 3.14. The molecule has 4 heteroatoms. The molecule has 0 fully saturated rings. The first-order valence-corrected chi connectivity index (χ1v) is 7.11. The van der Waals surface area contributed by atoms with E-state index in [9.17, 15) is 5.11 Å². The van der Waals surface area contributed by atoms with Crippen LogP contribution in [0.2, 0.25) is 0 Å². The average molecular weight is 294 g/mol. The number of methoxy groups -OCH3 is 1. The fourth-order valence-electron chi connectivity index (χ4n) is 3.07. The largest absolute Gasteiger partial charge is 0.504 e. The van der Waals surface area contributed by atoms with Crippen molar-refractivity contribution >= 4 is 6.47 Å². The quantitative estimate of drug-likeness (QED) is 0.774. The molecule has 2 N–H and O–H groups in total. The van der Waals surface area contributed by atoms with E-state index in [2.05, 4.69) is 33.8 Å². The molecule has 0 atom stereocenters. The van der Waals surface area contributed by atoms with Gasteiger partial charge in [0.1, 0.15) is 0 Å². The summed E-state index contributed by atoms with van der Waals surface area (Å²) < 4.78 is 5.50. The Balaban J connectivity index is 0.000000677. The van der Waals surface area contributed by atoms with Gasteiger partial charge in [0.2, 0.25) is 0 Å². The molecule has 0 unspecified atom stereocenters. The average Bonchev–Trinajstić information content (AvgIpc) is 2.38. The number of phenols is 1. The van der Waals surface area contributed by atoms with Gasteiger partial charge in [-0.15, -0.1) is 0 Å². The molecule has 0 spiro atoms. The summed E-state index contributed by atoms with van der Waals surface area (Å²) in [7, 11) is 1.65. The molecule has 0 heterocycles. The highest BCUT2D eigenvalue weighted by atomic mass is 16.5. The molecule has 0 aliphatic heterocycles. The number of rotatable bonds is 1. The molecule has 21 heavy (non-hydrogen) atoms. The maximum atomic E-state index is 10.2. The van der Waals surface area contributed by atoms with Crippen molar-refractivity contribution in [2.75, 3.05) is 7.11 Å². The Morgan fingerprint density at radius 2 is 1.67 bits per heavy atom. The summed E-state index contributed by atoms with van der Waals surface area (Å²) in [5, 5.41) is 17.1. The Hall–Kier alpha value is -1.71. The van der Waals surface area contributed by atoms with Crippen LogP contribution in [0.5, 0.6) is 11.5 Å². The Morgan fingerprint density at radius 1 is 1.19 bits per heavy atom. The smallest absolute Gasteiger partial charge is 0.290 e. The van der Waals surface area contributed by atoms with Gasteiger partial charge in [0.25, 0.3) is 6.47 Å². The number of phenolic OH excluding ortho intramolecular Hbond substituents is 1. The van der Waals surface area contributed by atoms with Crippen molar-refractivity contribution in [1.29, 1.82) is 0 Å². The monoisotopic (exact) mass is 294 g/mol. The van der Waals surface area contributed by atoms with Crippen LogP contribution in [-0.4, -0.2) is 23.8 Å². The minimum absolute atomic E-state index is 0.0569. The van der Waals surface area contributed by atoms with Crippen molar-refractivity contribution in [3.05, 3.63) is 22.8 Å². The van der Waals surface area contributed by atoms with Crippen LogP contribution in [-0.2, 0) is 15.6 Å². The maximum absolute atomic E-state index is 10.2. The standard InChI is InChI=1S/C16H24O2.CH2O2/c1-10-9-11-12(14(18-6)13(10)17)16(4,5)8-7-15(11,2)3;2-1-3/h9,17H,7-8H2,1-6H3;1H,(H,2,3). The summed E-state index contributed by atoms with van der Waals surface area (Å²) in [5.74, 6) is 0.963. The van der Waals surface area contributed by atoms with Crippen molar-refractivity contribution in [2.45, 2.75) is 58.3 Å². The number of carbonyl (C=O) groups is 1. The lowest BCUT2D eigenvalue weighted by Crippen LogP contribution is -2.34. The van der Waals surface area contributed by atoms with Crippen molar-refractivity contribution in [3.63, 3.8) is 0 Å². The van der Waals surface area contributed by atoms with Crippen LogP contribution in [0.4, 0.5) is 0 Å². The lowest BCUT2D eigenvalue weighted by Gasteiger charge is -2.42. The predicted molar refractivity (Wildman–Crippen MR) is 83.4 cm³/mol. The third-order valence-electron chi connectivity index (χ3n) is 4.43. The summed E-state index contributed by atoms with van der Waals surface area (Å²) in [6.07, 6.45) is 2.28. The molecule has 2 rings (SSSR count). The van der Waals surface area contributed by atoms with Gasteiger partial charge in [-0.3, -0.25) is 4.79 Å². The molecule has 0 bridgehead atoms. The minimum Gasteiger partial charge on any atom is -0.504 e. The Kier molecular flexibility index (Phi) is 4.92. The number of fused-ring (bicyclic) bond motifs is 1. The summed E-state index contributed by atoms with van der Waals surface area (Å²) >= 11 is 0. The summed E-state index contributed by atoms with van der Waals surface area (Å²) in [5.41, 5.74) is 3.62. The van der Waals surface area contributed by atoms with Crippen LogP contribution in [0.3, 0.4) is 0 Å². The first-order valence-electron chi connectivity index (χ1n) is 7.11. The summed E-state index contributed by atoms with van der Waals surface area (Å²) in [4.78, 5) is 8.36. The number of ether oxygens (including phenoxy) is 1. The van der Waals surface area contributed by atoms with E-state index >= 15 is 0 Å². The maximum Gasteiger partial charge on any atom is 0.290 e. The molecular formula is C17H26O4. The van der Waals surface area contributed by atoms with E-state index in [1.54, 1.807) is 7.11 Å². The zero-order valence-electron chi connectivity index (χ0n) is 13.8. The van der Waals surface area contributed by atoms with Crippen LogP contribution in [0.1, 0.15) is 57.2 Å². The number of hydrogen-bond donors (Lipinski definition) is 2. The first kappa shape index (κ1) is 17.3. The van der Waals surface area contributed by atoms with Crippen LogP contribution >= 0.6 is 0 Å². The second-order valence-corrected chi connectivity index (χ2v) is 6.87. The van der Waals surface area contributed by atoms with Crippen molar-refractivity contribution in [3.8, 4) is 11.5 Å². The number of aryl methyl sites for hydroxylation is 1. The number of carboxylic acid groups (broad SMARTS) is 1. The van der Waals surface area contributed by atoms with Gasteiger partial charge in [0, 0.05) is 5.56 Å². The second-order valence-electron chi connectivity index (χ2n) is 6.87. The first-order chi connectivity index (χ1) is 9.62. The lowest BCUT2D eigenvalue weighted by atomic mass is 9.62. The van der Waals surface area contributed by atoms with E-state index in [-0.39, 0.29) is 17.3 Å². The van der Waals surface area contributed by atoms with Gasteiger partial charge in [-0.2, -0.15) is 0 Å². The number of hydrogen-bond acceptors (Lipinski definition) is 3. The summed E-state index contributed by atoms with van der Waals surface area (Å²) in [6, 6.07) is 2.13. The van der Waals surface area contributed by atoms with Gasteiger partial charge < -0.3 is 14.9 Å². The van der Waals surface area contributed by atoms with Gasteiger partial charge in [-0.1, -0.05) is 33.8 Å². The molecule has 118 valence electrons. The molecule has 0 radical (unpaired) electrons. The zero-order chi connectivity index (χ0) is 16.4. The fourth-order valence-corrected chi connectivity index (χ4v) is 3.07. The molecule has 1 aliphatic carbocycles. The van der Waals surface area contributed by atoms with E-state index in [0.29, 0.717) is 11.5 Å². The van der Waals surface area contributed by atoms with E-state index in [4.69, 9.17) is 14.6 Å². The predicted octanol–water partition coefficient (Wildman–Crippen LogP) is 3.76. The molecule has 1 aliphatic rings. The zero-order valence-corrected chi connectivity index (χ0v) is 13.8. The molecule has 0 saturated heterocycles. The molecule has 1 aromatic carbocycles. The van der Waals surface area contributed by atoms with Crippen molar-refractivity contribution in [2.24, 2.45) is 0 Å². The van der Waals surface area contributed by atoms with E-state index < -0.39 is 0 Å². The Labute approximate surface area is 126 Å². The molecule has 0 amide bonds. The molecule has 1 aromatic rings. The summed E-state index contributed by atoms with van der Waals surface area (Å²) in [6.45, 7) is 10.7. The fraction of sp³-hybridized carbons (Fsp3) is 0.588. The van der Waals surface area contributed by atoms with E-state index in [0.717, 1.165) is 12.0 Å². The molecular weight excluding hydrogens is 268 g/mol. The highest BCUT2D eigenvalue weighted by Gasteiger charge is 2.40.